The molecule has 2 rings (SSSR count). The molecule has 1 aromatic carbocycles. The maximum Gasteiger partial charge on any atom is 0.269 e. The molecule has 0 saturated carbocycles. The number of nitrogens with one attached hydrogen (secondary N) is 2. The van der Waals surface area contributed by atoms with Crippen molar-refractivity contribution in [2.45, 2.75) is 19.8 Å². The molecule has 1 amide bonds. The van der Waals surface area contributed by atoms with Gasteiger partial charge in [-0.25, -0.2) is 0 Å². The van der Waals surface area contributed by atoms with Gasteiger partial charge in [-0.15, -0.1) is 0 Å². The Morgan fingerprint density at radius 3 is 2.55 bits per heavy atom. The van der Waals surface area contributed by atoms with Crippen molar-refractivity contribution >= 4 is 40.5 Å². The predicted molar refractivity (Wildman–Crippen MR) is 91.2 cm³/mol. The second-order valence-corrected chi connectivity index (χ2v) is 5.70. The van der Waals surface area contributed by atoms with E-state index in [2.05, 4.69) is 22.5 Å². The number of unbranched alkanes of at least 4 members (excludes halogenated alkanes) is 1. The Morgan fingerprint density at radius 2 is 1.86 bits per heavy atom. The Balaban J connectivity index is 2.09. The number of aromatic nitrogens is 1. The summed E-state index contributed by atoms with van der Waals surface area (Å²) >= 11 is 11.9. The van der Waals surface area contributed by atoms with E-state index in [1.165, 1.54) is 0 Å². The predicted octanol–water partition coefficient (Wildman–Crippen LogP) is 4.66. The van der Waals surface area contributed by atoms with E-state index in [0.29, 0.717) is 22.3 Å². The number of carbonyl (C=O) groups excluding carboxylic acids is 1. The molecule has 1 aromatic heterocycles. The van der Waals surface area contributed by atoms with Crippen LogP contribution >= 0.6 is 23.2 Å². The van der Waals surface area contributed by atoms with Crippen LogP contribution in [0.3, 0.4) is 0 Å². The summed E-state index contributed by atoms with van der Waals surface area (Å²) in [4.78, 5) is 16.1. The van der Waals surface area contributed by atoms with Crippen molar-refractivity contribution in [1.82, 2.24) is 10.3 Å². The zero-order chi connectivity index (χ0) is 15.9. The SMILES string of the molecule is CCCCNC(=O)c1cc(Nc2cc(Cl)cc(Cl)c2)ccn1. The summed E-state index contributed by atoms with van der Waals surface area (Å²) in [5.41, 5.74) is 1.87. The summed E-state index contributed by atoms with van der Waals surface area (Å²) < 4.78 is 0. The lowest BCUT2D eigenvalue weighted by molar-refractivity contribution is 0.0948. The van der Waals surface area contributed by atoms with Crippen LogP contribution in [0.2, 0.25) is 10.0 Å². The third-order valence-electron chi connectivity index (χ3n) is 2.96. The number of benzene rings is 1. The van der Waals surface area contributed by atoms with E-state index in [1.807, 2.05) is 0 Å². The minimum Gasteiger partial charge on any atom is -0.355 e. The smallest absolute Gasteiger partial charge is 0.269 e. The normalized spacial score (nSPS) is 10.3. The Kier molecular flexibility index (Phi) is 6.04. The first-order valence-electron chi connectivity index (χ1n) is 7.06. The lowest BCUT2D eigenvalue weighted by Crippen LogP contribution is -2.25. The molecule has 4 nitrogen and oxygen atoms in total. The van der Waals surface area contributed by atoms with Gasteiger partial charge in [0.25, 0.3) is 5.91 Å². The highest BCUT2D eigenvalue weighted by Gasteiger charge is 2.07. The van der Waals surface area contributed by atoms with Gasteiger partial charge >= 0.3 is 0 Å². The molecular formula is C16H17Cl2N3O. The Morgan fingerprint density at radius 1 is 1.14 bits per heavy atom. The van der Waals surface area contributed by atoms with Crippen LogP contribution in [0.5, 0.6) is 0 Å². The lowest BCUT2D eigenvalue weighted by Gasteiger charge is -2.09. The molecule has 0 radical (unpaired) electrons. The topological polar surface area (TPSA) is 54.0 Å². The molecule has 6 heteroatoms. The lowest BCUT2D eigenvalue weighted by atomic mass is 10.2. The number of anilines is 2. The van der Waals surface area contributed by atoms with Crippen molar-refractivity contribution in [3.05, 3.63) is 52.3 Å². The van der Waals surface area contributed by atoms with Gasteiger partial charge in [0.05, 0.1) is 0 Å². The van der Waals surface area contributed by atoms with Gasteiger partial charge in [-0.05, 0) is 36.8 Å². The van der Waals surface area contributed by atoms with E-state index < -0.39 is 0 Å². The molecule has 0 fully saturated rings. The van der Waals surface area contributed by atoms with Crippen molar-refractivity contribution in [2.75, 3.05) is 11.9 Å². The van der Waals surface area contributed by atoms with Crippen LogP contribution in [0.1, 0.15) is 30.3 Å². The maximum absolute atomic E-state index is 12.0. The monoisotopic (exact) mass is 337 g/mol. The Bertz CT molecular complexity index is 641. The molecule has 0 spiro atoms. The van der Waals surface area contributed by atoms with Crippen molar-refractivity contribution in [2.24, 2.45) is 0 Å². The van der Waals surface area contributed by atoms with E-state index >= 15 is 0 Å². The fourth-order valence-corrected chi connectivity index (χ4v) is 2.42. The summed E-state index contributed by atoms with van der Waals surface area (Å²) in [7, 11) is 0. The van der Waals surface area contributed by atoms with Crippen LogP contribution in [0.15, 0.2) is 36.5 Å². The minimum atomic E-state index is -0.179. The average molecular weight is 338 g/mol. The molecule has 1 heterocycles. The number of hydrogen-bond acceptors (Lipinski definition) is 3. The van der Waals surface area contributed by atoms with Crippen LogP contribution in [-0.4, -0.2) is 17.4 Å². The first kappa shape index (κ1) is 16.6. The second-order valence-electron chi connectivity index (χ2n) is 4.82. The van der Waals surface area contributed by atoms with E-state index in [0.717, 1.165) is 24.2 Å². The standard InChI is InChI=1S/C16H17Cl2N3O/c1-2-3-5-20-16(22)15-10-13(4-6-19-15)21-14-8-11(17)7-12(18)9-14/h4,6-10H,2-3,5H2,1H3,(H,19,21)(H,20,22). The molecule has 0 saturated heterocycles. The fraction of sp³-hybridized carbons (Fsp3) is 0.250. The summed E-state index contributed by atoms with van der Waals surface area (Å²) in [6, 6.07) is 8.64. The van der Waals surface area contributed by atoms with E-state index in [-0.39, 0.29) is 5.91 Å². The van der Waals surface area contributed by atoms with Crippen molar-refractivity contribution in [3.8, 4) is 0 Å². The Labute approximate surface area is 139 Å². The van der Waals surface area contributed by atoms with Gasteiger partial charge in [-0.1, -0.05) is 36.5 Å². The van der Waals surface area contributed by atoms with Crippen LogP contribution in [0.25, 0.3) is 0 Å². The second kappa shape index (κ2) is 8.01. The minimum absolute atomic E-state index is 0.179. The summed E-state index contributed by atoms with van der Waals surface area (Å²) in [6.45, 7) is 2.73. The maximum atomic E-state index is 12.0. The van der Waals surface area contributed by atoms with Gasteiger partial charge < -0.3 is 10.6 Å². The first-order chi connectivity index (χ1) is 10.6. The molecule has 0 bridgehead atoms. The number of halogens is 2. The number of carbonyl (C=O) groups is 1. The van der Waals surface area contributed by atoms with Crippen LogP contribution in [-0.2, 0) is 0 Å². The van der Waals surface area contributed by atoms with E-state index in [4.69, 9.17) is 23.2 Å². The number of amides is 1. The summed E-state index contributed by atoms with van der Waals surface area (Å²) in [5.74, 6) is -0.179. The molecule has 0 atom stereocenters. The van der Waals surface area contributed by atoms with Crippen LogP contribution in [0, 0.1) is 0 Å². The highest BCUT2D eigenvalue weighted by Crippen LogP contribution is 2.25. The zero-order valence-electron chi connectivity index (χ0n) is 12.2. The van der Waals surface area contributed by atoms with E-state index in [1.54, 1.807) is 36.5 Å². The van der Waals surface area contributed by atoms with Gasteiger partial charge in [-0.3, -0.25) is 9.78 Å². The number of nitrogens with zero attached hydrogens (tertiary/aromatic N) is 1. The molecular weight excluding hydrogens is 321 g/mol. The summed E-state index contributed by atoms with van der Waals surface area (Å²) in [6.07, 6.45) is 3.57. The largest absolute Gasteiger partial charge is 0.355 e. The molecule has 22 heavy (non-hydrogen) atoms. The van der Waals surface area contributed by atoms with Crippen molar-refractivity contribution in [3.63, 3.8) is 0 Å². The third kappa shape index (κ3) is 4.90. The first-order valence-corrected chi connectivity index (χ1v) is 7.81. The number of hydrogen-bond donors (Lipinski definition) is 2. The van der Waals surface area contributed by atoms with Gasteiger partial charge in [0, 0.05) is 34.2 Å². The highest BCUT2D eigenvalue weighted by atomic mass is 35.5. The fourth-order valence-electron chi connectivity index (χ4n) is 1.89. The van der Waals surface area contributed by atoms with Crippen molar-refractivity contribution < 1.29 is 4.79 Å². The molecule has 0 unspecified atom stereocenters. The highest BCUT2D eigenvalue weighted by molar-refractivity contribution is 6.35. The number of pyridine rings is 1. The van der Waals surface area contributed by atoms with Crippen LogP contribution < -0.4 is 10.6 Å². The van der Waals surface area contributed by atoms with Crippen molar-refractivity contribution in [1.29, 1.82) is 0 Å². The molecule has 0 aliphatic carbocycles. The average Bonchev–Trinajstić information content (AvgIpc) is 2.46. The zero-order valence-corrected chi connectivity index (χ0v) is 13.7. The van der Waals surface area contributed by atoms with E-state index in [9.17, 15) is 4.79 Å². The van der Waals surface area contributed by atoms with Gasteiger partial charge in [-0.2, -0.15) is 0 Å². The van der Waals surface area contributed by atoms with Gasteiger partial charge in [0.15, 0.2) is 0 Å². The quantitative estimate of drug-likeness (QED) is 0.753. The molecule has 116 valence electrons. The molecule has 2 aromatic rings. The number of rotatable bonds is 6. The van der Waals surface area contributed by atoms with Gasteiger partial charge in [0.1, 0.15) is 5.69 Å². The molecule has 0 aliphatic heterocycles. The molecule has 2 N–H and O–H groups in total. The Hall–Kier alpha value is -1.78. The molecule has 0 aliphatic rings. The summed E-state index contributed by atoms with van der Waals surface area (Å²) in [5, 5.41) is 7.08. The van der Waals surface area contributed by atoms with Crippen LogP contribution in [0.4, 0.5) is 11.4 Å². The third-order valence-corrected chi connectivity index (χ3v) is 3.40. The van der Waals surface area contributed by atoms with Gasteiger partial charge in [0.2, 0.25) is 0 Å².